The van der Waals surface area contributed by atoms with Crippen LogP contribution in [-0.2, 0) is 16.8 Å². The Balaban J connectivity index is 1.77. The fourth-order valence-electron chi connectivity index (χ4n) is 2.49. The lowest BCUT2D eigenvalue weighted by Gasteiger charge is -2.23. The van der Waals surface area contributed by atoms with Crippen LogP contribution in [-0.4, -0.2) is 33.0 Å². The van der Waals surface area contributed by atoms with Gasteiger partial charge in [-0.3, -0.25) is 9.89 Å². The summed E-state index contributed by atoms with van der Waals surface area (Å²) in [6.07, 6.45) is 3.02. The smallest absolute Gasteiger partial charge is 0.233 e. The van der Waals surface area contributed by atoms with E-state index in [2.05, 4.69) is 15.2 Å². The van der Waals surface area contributed by atoms with Crippen LogP contribution < -0.4 is 0 Å². The lowest BCUT2D eigenvalue weighted by molar-refractivity contribution is -0.133. The molecule has 1 fully saturated rings. The number of carbonyl (C=O) groups excluding carboxylic acids is 1. The number of H-pyrrole nitrogens is 1. The summed E-state index contributed by atoms with van der Waals surface area (Å²) in [6.45, 7) is 0.391. The highest BCUT2D eigenvalue weighted by Gasteiger charge is 2.52. The van der Waals surface area contributed by atoms with Crippen LogP contribution in [0.25, 0.3) is 0 Å². The topological polar surface area (TPSA) is 61.9 Å². The minimum Gasteiger partial charge on any atom is -0.337 e. The molecule has 5 nitrogen and oxygen atoms in total. The van der Waals surface area contributed by atoms with Crippen LogP contribution >= 0.6 is 0 Å². The molecule has 0 spiro atoms. The average Bonchev–Trinajstić information content (AvgIpc) is 3.10. The minimum atomic E-state index is -0.484. The summed E-state index contributed by atoms with van der Waals surface area (Å²) in [7, 11) is 1.74. The first-order chi connectivity index (χ1) is 9.62. The van der Waals surface area contributed by atoms with Crippen molar-refractivity contribution >= 4 is 5.91 Å². The van der Waals surface area contributed by atoms with Crippen LogP contribution in [0.3, 0.4) is 0 Å². The van der Waals surface area contributed by atoms with Gasteiger partial charge in [-0.15, -0.1) is 0 Å². The Bertz CT molecular complexity index is 605. The maximum Gasteiger partial charge on any atom is 0.233 e. The third-order valence-electron chi connectivity index (χ3n) is 3.75. The predicted octanol–water partition coefficient (Wildman–Crippen LogP) is 1.63. The Morgan fingerprint density at radius 2 is 2.10 bits per heavy atom. The van der Waals surface area contributed by atoms with Crippen LogP contribution in [0.2, 0.25) is 0 Å². The molecule has 104 valence electrons. The van der Waals surface area contributed by atoms with Crippen molar-refractivity contribution in [3.05, 3.63) is 47.8 Å². The summed E-state index contributed by atoms with van der Waals surface area (Å²) in [5, 5.41) is 6.50. The maximum absolute atomic E-state index is 13.0. The van der Waals surface area contributed by atoms with Gasteiger partial charge in [-0.25, -0.2) is 9.37 Å². The van der Waals surface area contributed by atoms with Gasteiger partial charge in [-0.1, -0.05) is 12.1 Å². The van der Waals surface area contributed by atoms with Gasteiger partial charge < -0.3 is 4.90 Å². The summed E-state index contributed by atoms with van der Waals surface area (Å²) in [4.78, 5) is 18.3. The zero-order valence-electron chi connectivity index (χ0n) is 11.1. The highest BCUT2D eigenvalue weighted by Crippen LogP contribution is 2.49. The summed E-state index contributed by atoms with van der Waals surface area (Å²) in [6, 6.07) is 6.20. The number of aromatic amines is 1. The summed E-state index contributed by atoms with van der Waals surface area (Å²) in [5.41, 5.74) is 0.399. The molecule has 0 saturated heterocycles. The van der Waals surface area contributed by atoms with Gasteiger partial charge in [0, 0.05) is 7.05 Å². The first-order valence-corrected chi connectivity index (χ1v) is 6.48. The minimum absolute atomic E-state index is 0.0421. The predicted molar refractivity (Wildman–Crippen MR) is 70.2 cm³/mol. The van der Waals surface area contributed by atoms with Crippen molar-refractivity contribution in [2.24, 2.45) is 0 Å². The molecule has 1 aromatic heterocycles. The Kier molecular flexibility index (Phi) is 3.00. The van der Waals surface area contributed by atoms with Gasteiger partial charge in [0.15, 0.2) is 0 Å². The largest absolute Gasteiger partial charge is 0.337 e. The molecule has 0 unspecified atom stereocenters. The van der Waals surface area contributed by atoms with E-state index >= 15 is 0 Å². The quantitative estimate of drug-likeness (QED) is 0.921. The number of halogens is 1. The maximum atomic E-state index is 13.0. The van der Waals surface area contributed by atoms with Gasteiger partial charge in [0.1, 0.15) is 18.0 Å². The molecule has 3 rings (SSSR count). The molecule has 6 heteroatoms. The molecule has 0 atom stereocenters. The van der Waals surface area contributed by atoms with E-state index in [1.807, 2.05) is 0 Å². The molecule has 1 heterocycles. The molecule has 1 aliphatic carbocycles. The number of carbonyl (C=O) groups is 1. The number of aromatic nitrogens is 3. The first kappa shape index (κ1) is 12.8. The molecule has 1 amide bonds. The van der Waals surface area contributed by atoms with Crippen molar-refractivity contribution in [2.45, 2.75) is 24.8 Å². The Hall–Kier alpha value is -2.24. The van der Waals surface area contributed by atoms with E-state index in [4.69, 9.17) is 0 Å². The summed E-state index contributed by atoms with van der Waals surface area (Å²) < 4.78 is 13.0. The van der Waals surface area contributed by atoms with Crippen LogP contribution in [0.15, 0.2) is 30.6 Å². The second-order valence-electron chi connectivity index (χ2n) is 5.18. The van der Waals surface area contributed by atoms with Crippen molar-refractivity contribution in [1.29, 1.82) is 0 Å². The van der Waals surface area contributed by atoms with Gasteiger partial charge in [0.2, 0.25) is 5.91 Å². The number of hydrogen-bond donors (Lipinski definition) is 1. The number of benzene rings is 1. The SMILES string of the molecule is CN(Cc1ncn[nH]1)C(=O)C1(c2ccc(F)cc2)CC1. The van der Waals surface area contributed by atoms with Gasteiger partial charge in [0.05, 0.1) is 12.0 Å². The third kappa shape index (κ3) is 2.17. The Morgan fingerprint density at radius 1 is 1.40 bits per heavy atom. The van der Waals surface area contributed by atoms with Crippen LogP contribution in [0.4, 0.5) is 4.39 Å². The second kappa shape index (κ2) is 4.70. The van der Waals surface area contributed by atoms with Crippen molar-refractivity contribution in [1.82, 2.24) is 20.1 Å². The Labute approximate surface area is 115 Å². The first-order valence-electron chi connectivity index (χ1n) is 6.48. The van der Waals surface area contributed by atoms with Gasteiger partial charge in [-0.2, -0.15) is 5.10 Å². The fourth-order valence-corrected chi connectivity index (χ4v) is 2.49. The highest BCUT2D eigenvalue weighted by molar-refractivity contribution is 5.91. The number of hydrogen-bond acceptors (Lipinski definition) is 3. The molecule has 1 saturated carbocycles. The number of rotatable bonds is 4. The Morgan fingerprint density at radius 3 is 2.65 bits per heavy atom. The molecule has 0 aliphatic heterocycles. The fraction of sp³-hybridized carbons (Fsp3) is 0.357. The van der Waals surface area contributed by atoms with Crippen LogP contribution in [0.5, 0.6) is 0 Å². The summed E-state index contributed by atoms with van der Waals surface area (Å²) >= 11 is 0. The molecule has 1 aliphatic rings. The number of likely N-dealkylation sites (N-methyl/N-ethyl adjacent to an activating group) is 1. The lowest BCUT2D eigenvalue weighted by Crippen LogP contribution is -2.36. The normalized spacial score (nSPS) is 15.9. The molecular weight excluding hydrogens is 259 g/mol. The zero-order chi connectivity index (χ0) is 14.2. The lowest BCUT2D eigenvalue weighted by atomic mass is 9.94. The molecule has 20 heavy (non-hydrogen) atoms. The molecule has 1 aromatic carbocycles. The molecule has 1 N–H and O–H groups in total. The average molecular weight is 274 g/mol. The van der Waals surface area contributed by atoms with E-state index in [0.717, 1.165) is 18.4 Å². The molecule has 0 bridgehead atoms. The van der Waals surface area contributed by atoms with Gasteiger partial charge >= 0.3 is 0 Å². The summed E-state index contributed by atoms with van der Waals surface area (Å²) in [5.74, 6) is 0.406. The van der Waals surface area contributed by atoms with Crippen molar-refractivity contribution in [2.75, 3.05) is 7.05 Å². The van der Waals surface area contributed by atoms with E-state index in [1.54, 1.807) is 24.1 Å². The van der Waals surface area contributed by atoms with E-state index in [-0.39, 0.29) is 11.7 Å². The van der Waals surface area contributed by atoms with E-state index in [9.17, 15) is 9.18 Å². The monoisotopic (exact) mass is 274 g/mol. The highest BCUT2D eigenvalue weighted by atomic mass is 19.1. The van der Waals surface area contributed by atoms with Gasteiger partial charge in [-0.05, 0) is 30.5 Å². The van der Waals surface area contributed by atoms with E-state index in [1.165, 1.54) is 18.5 Å². The van der Waals surface area contributed by atoms with Crippen molar-refractivity contribution in [3.63, 3.8) is 0 Å². The number of nitrogens with zero attached hydrogens (tertiary/aromatic N) is 3. The third-order valence-corrected chi connectivity index (χ3v) is 3.75. The molecule has 2 aromatic rings. The standard InChI is InChI=1S/C14H15FN4O/c1-19(8-12-16-9-17-18-12)13(20)14(6-7-14)10-2-4-11(15)5-3-10/h2-5,9H,6-8H2,1H3,(H,16,17,18). The van der Waals surface area contributed by atoms with Crippen molar-refractivity contribution in [3.8, 4) is 0 Å². The molecular formula is C14H15FN4O. The van der Waals surface area contributed by atoms with Crippen LogP contribution in [0.1, 0.15) is 24.2 Å². The zero-order valence-corrected chi connectivity index (χ0v) is 11.1. The van der Waals surface area contributed by atoms with Gasteiger partial charge in [0.25, 0.3) is 0 Å². The second-order valence-corrected chi connectivity index (χ2v) is 5.18. The van der Waals surface area contributed by atoms with E-state index < -0.39 is 5.41 Å². The number of nitrogens with one attached hydrogen (secondary N) is 1. The van der Waals surface area contributed by atoms with Crippen LogP contribution in [0, 0.1) is 5.82 Å². The van der Waals surface area contributed by atoms with E-state index in [0.29, 0.717) is 12.4 Å². The molecule has 0 radical (unpaired) electrons. The van der Waals surface area contributed by atoms with Crippen molar-refractivity contribution < 1.29 is 9.18 Å². The number of amides is 1.